The first kappa shape index (κ1) is 31.9. The van der Waals surface area contributed by atoms with E-state index in [0.29, 0.717) is 6.54 Å². The van der Waals surface area contributed by atoms with Gasteiger partial charge in [0.1, 0.15) is 12.6 Å². The molecule has 214 valence electrons. The molecule has 0 aliphatic carbocycles. The SMILES string of the molecule is CCCCNC(=O)[C@@H](Cc1ccccc1)N(Cc1ccc(Br)cc1)C(=O)CN(c1cc(Cl)cc(Cl)c1)S(C)(=O)=O. The molecule has 2 amide bonds. The maximum Gasteiger partial charge on any atom is 0.244 e. The highest BCUT2D eigenvalue weighted by atomic mass is 79.9. The lowest BCUT2D eigenvalue weighted by molar-refractivity contribution is -0.140. The van der Waals surface area contributed by atoms with Gasteiger partial charge in [0.15, 0.2) is 0 Å². The largest absolute Gasteiger partial charge is 0.354 e. The van der Waals surface area contributed by atoms with Crippen LogP contribution in [0.3, 0.4) is 0 Å². The summed E-state index contributed by atoms with van der Waals surface area (Å²) in [6.45, 7) is 2.05. The molecule has 0 fully saturated rings. The third-order valence-corrected chi connectivity index (χ3v) is 8.29. The molecule has 1 atom stereocenters. The summed E-state index contributed by atoms with van der Waals surface area (Å²) in [5, 5.41) is 3.42. The van der Waals surface area contributed by atoms with Gasteiger partial charge < -0.3 is 10.2 Å². The van der Waals surface area contributed by atoms with Crippen LogP contribution in [-0.2, 0) is 32.6 Å². The van der Waals surface area contributed by atoms with Crippen molar-refractivity contribution in [3.63, 3.8) is 0 Å². The fourth-order valence-electron chi connectivity index (χ4n) is 4.14. The van der Waals surface area contributed by atoms with E-state index >= 15 is 0 Å². The Morgan fingerprint density at radius 3 is 2.15 bits per heavy atom. The molecule has 0 saturated heterocycles. The van der Waals surface area contributed by atoms with Gasteiger partial charge in [0.2, 0.25) is 21.8 Å². The second-order valence-electron chi connectivity index (χ2n) is 9.40. The average Bonchev–Trinajstić information content (AvgIpc) is 2.89. The minimum absolute atomic E-state index is 0.0959. The highest BCUT2D eigenvalue weighted by Gasteiger charge is 2.33. The molecule has 0 spiro atoms. The van der Waals surface area contributed by atoms with Gasteiger partial charge in [-0.1, -0.05) is 94.9 Å². The molecule has 7 nitrogen and oxygen atoms in total. The molecule has 0 aliphatic rings. The summed E-state index contributed by atoms with van der Waals surface area (Å²) in [4.78, 5) is 29.1. The van der Waals surface area contributed by atoms with E-state index in [-0.39, 0.29) is 34.6 Å². The molecule has 1 N–H and O–H groups in total. The van der Waals surface area contributed by atoms with Crippen LogP contribution in [-0.4, -0.2) is 50.5 Å². The number of rotatable bonds is 13. The predicted molar refractivity (Wildman–Crippen MR) is 165 cm³/mol. The zero-order chi connectivity index (χ0) is 29.3. The van der Waals surface area contributed by atoms with Crippen molar-refractivity contribution < 1.29 is 18.0 Å². The topological polar surface area (TPSA) is 86.8 Å². The van der Waals surface area contributed by atoms with Crippen molar-refractivity contribution in [1.29, 1.82) is 0 Å². The molecule has 0 bridgehead atoms. The number of hydrogen-bond donors (Lipinski definition) is 1. The van der Waals surface area contributed by atoms with Crippen molar-refractivity contribution in [2.45, 2.75) is 38.8 Å². The van der Waals surface area contributed by atoms with Gasteiger partial charge in [-0.25, -0.2) is 8.42 Å². The van der Waals surface area contributed by atoms with Crippen molar-refractivity contribution in [3.05, 3.63) is 98.4 Å². The number of nitrogens with one attached hydrogen (secondary N) is 1. The Labute approximate surface area is 254 Å². The van der Waals surface area contributed by atoms with Crippen LogP contribution in [0, 0.1) is 0 Å². The second kappa shape index (κ2) is 14.9. The molecule has 11 heteroatoms. The number of carbonyl (C=O) groups is 2. The van der Waals surface area contributed by atoms with Gasteiger partial charge in [-0.3, -0.25) is 13.9 Å². The number of anilines is 1. The van der Waals surface area contributed by atoms with Crippen molar-refractivity contribution in [3.8, 4) is 0 Å². The fraction of sp³-hybridized carbons (Fsp3) is 0.310. The van der Waals surface area contributed by atoms with E-state index in [2.05, 4.69) is 21.2 Å². The molecular weight excluding hydrogens is 637 g/mol. The molecule has 0 unspecified atom stereocenters. The molecule has 0 radical (unpaired) electrons. The minimum atomic E-state index is -3.92. The minimum Gasteiger partial charge on any atom is -0.354 e. The summed E-state index contributed by atoms with van der Waals surface area (Å²) in [6, 6.07) is 20.3. The zero-order valence-corrected chi connectivity index (χ0v) is 26.2. The van der Waals surface area contributed by atoms with Crippen molar-refractivity contribution >= 4 is 66.7 Å². The van der Waals surface area contributed by atoms with Crippen LogP contribution in [0.1, 0.15) is 30.9 Å². The Kier molecular flexibility index (Phi) is 11.9. The Balaban J connectivity index is 2.04. The summed E-state index contributed by atoms with van der Waals surface area (Å²) in [5.74, 6) is -0.851. The third kappa shape index (κ3) is 9.51. The van der Waals surface area contributed by atoms with Gasteiger partial charge in [0.25, 0.3) is 0 Å². The van der Waals surface area contributed by atoms with Crippen LogP contribution in [0.5, 0.6) is 0 Å². The number of halogens is 3. The first-order valence-electron chi connectivity index (χ1n) is 12.8. The number of amides is 2. The summed E-state index contributed by atoms with van der Waals surface area (Å²) in [7, 11) is -3.92. The van der Waals surface area contributed by atoms with Crippen molar-refractivity contribution in [2.24, 2.45) is 0 Å². The molecule has 0 saturated carbocycles. The summed E-state index contributed by atoms with van der Waals surface area (Å²) in [5.41, 5.74) is 1.81. The standard InChI is InChI=1S/C29H32BrCl2N3O4S/c1-3-4-14-33-29(37)27(15-21-8-6-5-7-9-21)34(19-22-10-12-23(30)13-11-22)28(36)20-35(40(2,38)39)26-17-24(31)16-25(32)18-26/h5-13,16-18,27H,3-4,14-15,19-20H2,1-2H3,(H,33,37)/t27-/m1/s1. The van der Waals surface area contributed by atoms with Crippen LogP contribution in [0.4, 0.5) is 5.69 Å². The van der Waals surface area contributed by atoms with Gasteiger partial charge in [-0.05, 0) is 47.9 Å². The number of carbonyl (C=O) groups excluding carboxylic acids is 2. The maximum atomic E-state index is 14.0. The number of nitrogens with zero attached hydrogens (tertiary/aromatic N) is 2. The van der Waals surface area contributed by atoms with E-state index in [4.69, 9.17) is 23.2 Å². The molecule has 40 heavy (non-hydrogen) atoms. The maximum absolute atomic E-state index is 14.0. The zero-order valence-electron chi connectivity index (χ0n) is 22.3. The van der Waals surface area contributed by atoms with Crippen LogP contribution in [0.2, 0.25) is 10.0 Å². The van der Waals surface area contributed by atoms with Gasteiger partial charge >= 0.3 is 0 Å². The summed E-state index contributed by atoms with van der Waals surface area (Å²) >= 11 is 15.7. The number of benzene rings is 3. The number of unbranched alkanes of at least 4 members (excludes halogenated alkanes) is 1. The lowest BCUT2D eigenvalue weighted by Crippen LogP contribution is -2.53. The number of sulfonamides is 1. The van der Waals surface area contributed by atoms with Gasteiger partial charge in [-0.2, -0.15) is 0 Å². The molecule has 3 rings (SSSR count). The van der Waals surface area contributed by atoms with E-state index < -0.39 is 28.5 Å². The van der Waals surface area contributed by atoms with Crippen LogP contribution in [0.25, 0.3) is 0 Å². The molecule has 0 aromatic heterocycles. The first-order chi connectivity index (χ1) is 19.0. The van der Waals surface area contributed by atoms with Crippen LogP contribution >= 0.6 is 39.1 Å². The smallest absolute Gasteiger partial charge is 0.244 e. The molecule has 0 heterocycles. The molecule has 0 aliphatic heterocycles. The van der Waals surface area contributed by atoms with E-state index in [1.54, 1.807) is 0 Å². The highest BCUT2D eigenvalue weighted by Crippen LogP contribution is 2.27. The lowest BCUT2D eigenvalue weighted by Gasteiger charge is -2.33. The van der Waals surface area contributed by atoms with Crippen LogP contribution in [0.15, 0.2) is 77.3 Å². The first-order valence-corrected chi connectivity index (χ1v) is 16.2. The lowest BCUT2D eigenvalue weighted by atomic mass is 10.0. The monoisotopic (exact) mass is 667 g/mol. The molecular formula is C29H32BrCl2N3O4S. The second-order valence-corrected chi connectivity index (χ2v) is 13.1. The highest BCUT2D eigenvalue weighted by molar-refractivity contribution is 9.10. The van der Waals surface area contributed by atoms with Crippen LogP contribution < -0.4 is 9.62 Å². The Bertz CT molecular complexity index is 1390. The van der Waals surface area contributed by atoms with E-state index in [1.807, 2.05) is 61.5 Å². The third-order valence-electron chi connectivity index (χ3n) is 6.18. The summed E-state index contributed by atoms with van der Waals surface area (Å²) < 4.78 is 27.5. The average molecular weight is 669 g/mol. The number of hydrogen-bond acceptors (Lipinski definition) is 4. The van der Waals surface area contributed by atoms with Crippen molar-refractivity contribution in [1.82, 2.24) is 10.2 Å². The van der Waals surface area contributed by atoms with Gasteiger partial charge in [0.05, 0.1) is 11.9 Å². The molecule has 3 aromatic rings. The normalized spacial score (nSPS) is 12.0. The Hall–Kier alpha value is -2.59. The quantitative estimate of drug-likeness (QED) is 0.224. The Morgan fingerprint density at radius 2 is 1.57 bits per heavy atom. The van der Waals surface area contributed by atoms with Gasteiger partial charge in [0, 0.05) is 34.0 Å². The predicted octanol–water partition coefficient (Wildman–Crippen LogP) is 6.08. The molecule has 3 aromatic carbocycles. The van der Waals surface area contributed by atoms with Crippen molar-refractivity contribution in [2.75, 3.05) is 23.7 Å². The van der Waals surface area contributed by atoms with E-state index in [1.165, 1.54) is 23.1 Å². The summed E-state index contributed by atoms with van der Waals surface area (Å²) in [6.07, 6.45) is 2.95. The van der Waals surface area contributed by atoms with Gasteiger partial charge in [-0.15, -0.1) is 0 Å². The van der Waals surface area contributed by atoms with E-state index in [9.17, 15) is 18.0 Å². The fourth-order valence-corrected chi connectivity index (χ4v) is 5.76. The Morgan fingerprint density at radius 1 is 0.950 bits per heavy atom. The van der Waals surface area contributed by atoms with E-state index in [0.717, 1.165) is 39.0 Å².